The Labute approximate surface area is 96.0 Å². The van der Waals surface area contributed by atoms with E-state index in [4.69, 9.17) is 0 Å². The zero-order chi connectivity index (χ0) is 11.4. The van der Waals surface area contributed by atoms with Crippen LogP contribution in [0.1, 0.15) is 5.01 Å². The second-order valence-electron chi connectivity index (χ2n) is 2.91. The van der Waals surface area contributed by atoms with E-state index in [1.165, 1.54) is 6.34 Å². The molecular formula is C10H8N4OS. The van der Waals surface area contributed by atoms with Gasteiger partial charge >= 0.3 is 0 Å². The molecular weight excluding hydrogens is 224 g/mol. The summed E-state index contributed by atoms with van der Waals surface area (Å²) in [6.07, 6.45) is 6.18. The molecule has 0 saturated heterocycles. The molecule has 0 saturated carbocycles. The lowest BCUT2D eigenvalue weighted by molar-refractivity contribution is -0.113. The third-order valence-corrected chi connectivity index (χ3v) is 2.52. The number of hydrogen-bond donors (Lipinski definition) is 0. The van der Waals surface area contributed by atoms with Crippen LogP contribution in [-0.2, 0) is 4.79 Å². The molecule has 0 N–H and O–H groups in total. The molecule has 6 heteroatoms. The van der Waals surface area contributed by atoms with E-state index in [2.05, 4.69) is 20.0 Å². The van der Waals surface area contributed by atoms with Crippen molar-refractivity contribution in [1.82, 2.24) is 4.98 Å². The lowest BCUT2D eigenvalue weighted by Gasteiger charge is -1.98. The predicted octanol–water partition coefficient (Wildman–Crippen LogP) is 1.42. The summed E-state index contributed by atoms with van der Waals surface area (Å²) >= 11 is 1.67. The predicted molar refractivity (Wildman–Crippen MR) is 64.4 cm³/mol. The number of fused-ring (bicyclic) bond motifs is 1. The first-order valence-electron chi connectivity index (χ1n) is 4.53. The maximum Gasteiger partial charge on any atom is 0.282 e. The molecule has 80 valence electrons. The lowest BCUT2D eigenvalue weighted by atomic mass is 10.2. The zero-order valence-corrected chi connectivity index (χ0v) is 9.31. The molecule has 0 bridgehead atoms. The highest BCUT2D eigenvalue weighted by Gasteiger charge is 2.19. The number of amides is 1. The first kappa shape index (κ1) is 10.6. The van der Waals surface area contributed by atoms with Gasteiger partial charge in [-0.2, -0.15) is 4.99 Å². The Balaban J connectivity index is 0.000000138. The van der Waals surface area contributed by atoms with Gasteiger partial charge in [-0.1, -0.05) is 0 Å². The van der Waals surface area contributed by atoms with Crippen LogP contribution in [0.15, 0.2) is 38.2 Å². The number of rotatable bonds is 0. The molecule has 0 aliphatic carbocycles. The van der Waals surface area contributed by atoms with Crippen molar-refractivity contribution in [2.75, 3.05) is 0 Å². The topological polar surface area (TPSA) is 67.0 Å². The molecule has 2 aliphatic rings. The molecule has 0 fully saturated rings. The molecule has 16 heavy (non-hydrogen) atoms. The number of aromatic nitrogens is 1. The van der Waals surface area contributed by atoms with Crippen LogP contribution in [0.25, 0.3) is 0 Å². The summed E-state index contributed by atoms with van der Waals surface area (Å²) in [4.78, 5) is 25.9. The third kappa shape index (κ3) is 2.34. The Morgan fingerprint density at radius 1 is 1.31 bits per heavy atom. The molecule has 0 spiro atoms. The molecule has 1 amide bonds. The first-order valence-corrected chi connectivity index (χ1v) is 5.41. The minimum Gasteiger partial charge on any atom is -0.267 e. The van der Waals surface area contributed by atoms with Gasteiger partial charge in [0.05, 0.1) is 10.6 Å². The van der Waals surface area contributed by atoms with Crippen LogP contribution in [0, 0.1) is 6.92 Å². The van der Waals surface area contributed by atoms with Crippen LogP contribution < -0.4 is 0 Å². The smallest absolute Gasteiger partial charge is 0.267 e. The molecule has 0 radical (unpaired) electrons. The van der Waals surface area contributed by atoms with Gasteiger partial charge in [-0.05, 0) is 13.0 Å². The van der Waals surface area contributed by atoms with E-state index < -0.39 is 0 Å². The van der Waals surface area contributed by atoms with Crippen molar-refractivity contribution in [3.05, 3.63) is 28.2 Å². The fourth-order valence-electron chi connectivity index (χ4n) is 1.10. The van der Waals surface area contributed by atoms with E-state index in [0.29, 0.717) is 11.4 Å². The van der Waals surface area contributed by atoms with Crippen LogP contribution in [0.4, 0.5) is 0 Å². The number of allylic oxidation sites excluding steroid dienone is 1. The number of nitrogens with zero attached hydrogens (tertiary/aromatic N) is 4. The van der Waals surface area contributed by atoms with E-state index in [-0.39, 0.29) is 5.91 Å². The minimum atomic E-state index is -0.262. The number of amidine groups is 1. The number of thiazole rings is 1. The second-order valence-corrected chi connectivity index (χ2v) is 4.01. The average Bonchev–Trinajstić information content (AvgIpc) is 2.90. The molecule has 1 aromatic rings. The summed E-state index contributed by atoms with van der Waals surface area (Å²) < 4.78 is 0. The largest absolute Gasteiger partial charge is 0.282 e. The Bertz CT molecular complexity index is 505. The zero-order valence-electron chi connectivity index (χ0n) is 8.49. The van der Waals surface area contributed by atoms with Gasteiger partial charge in [-0.3, -0.25) is 9.78 Å². The highest BCUT2D eigenvalue weighted by molar-refractivity contribution is 7.09. The van der Waals surface area contributed by atoms with Crippen LogP contribution >= 0.6 is 11.3 Å². The monoisotopic (exact) mass is 232 g/mol. The number of aliphatic imine (C=N–C) groups is 3. The molecule has 0 aromatic carbocycles. The minimum absolute atomic E-state index is 0.262. The summed E-state index contributed by atoms with van der Waals surface area (Å²) in [7, 11) is 0. The molecule has 2 aliphatic heterocycles. The second kappa shape index (κ2) is 4.71. The van der Waals surface area contributed by atoms with Gasteiger partial charge in [-0.15, -0.1) is 11.3 Å². The van der Waals surface area contributed by atoms with Crippen LogP contribution in [-0.4, -0.2) is 29.3 Å². The van der Waals surface area contributed by atoms with Crippen molar-refractivity contribution < 1.29 is 4.79 Å². The summed E-state index contributed by atoms with van der Waals surface area (Å²) in [5.74, 6) is 0.211. The molecule has 3 heterocycles. The van der Waals surface area contributed by atoms with Gasteiger partial charge in [0.15, 0.2) is 5.84 Å². The molecule has 3 rings (SSSR count). The highest BCUT2D eigenvalue weighted by Crippen LogP contribution is 2.09. The van der Waals surface area contributed by atoms with Crippen molar-refractivity contribution in [1.29, 1.82) is 0 Å². The molecule has 0 atom stereocenters. The summed E-state index contributed by atoms with van der Waals surface area (Å²) in [6.45, 7) is 1.99. The van der Waals surface area contributed by atoms with Crippen LogP contribution in [0.2, 0.25) is 0 Å². The number of aryl methyl sites for hydroxylation is 1. The van der Waals surface area contributed by atoms with Gasteiger partial charge in [-0.25, -0.2) is 9.98 Å². The normalized spacial score (nSPS) is 16.2. The maximum atomic E-state index is 10.8. The quantitative estimate of drug-likeness (QED) is 0.678. The van der Waals surface area contributed by atoms with E-state index in [0.717, 1.165) is 5.01 Å². The fraction of sp³-hybridized carbons (Fsp3) is 0.100. The van der Waals surface area contributed by atoms with Gasteiger partial charge in [0.25, 0.3) is 5.91 Å². The molecule has 0 unspecified atom stereocenters. The van der Waals surface area contributed by atoms with E-state index in [1.54, 1.807) is 29.8 Å². The molecule has 5 nitrogen and oxygen atoms in total. The average molecular weight is 232 g/mol. The number of hydrogen-bond acceptors (Lipinski definition) is 5. The summed E-state index contributed by atoms with van der Waals surface area (Å²) in [6, 6.07) is 0. The van der Waals surface area contributed by atoms with Crippen molar-refractivity contribution in [3.8, 4) is 0 Å². The van der Waals surface area contributed by atoms with Crippen molar-refractivity contribution in [2.45, 2.75) is 6.92 Å². The standard InChI is InChI=1S/C6H3N3O.C4H5NS/c10-6-4-1-2-7-5(4)8-3-9-6;1-4-5-2-3-6-4/h1-3H;2-3H,1H3. The SMILES string of the molecule is Cc1nccs1.O=C1N=CN=C2N=CC=C12. The van der Waals surface area contributed by atoms with Crippen molar-refractivity contribution >= 4 is 35.6 Å². The van der Waals surface area contributed by atoms with Gasteiger partial charge < -0.3 is 0 Å². The van der Waals surface area contributed by atoms with Crippen molar-refractivity contribution in [2.24, 2.45) is 15.0 Å². The number of carbonyl (C=O) groups is 1. The summed E-state index contributed by atoms with van der Waals surface area (Å²) in [5, 5.41) is 3.10. The van der Waals surface area contributed by atoms with E-state index >= 15 is 0 Å². The van der Waals surface area contributed by atoms with Gasteiger partial charge in [0.2, 0.25) is 0 Å². The maximum absolute atomic E-state index is 10.8. The Morgan fingerprint density at radius 2 is 2.19 bits per heavy atom. The Morgan fingerprint density at radius 3 is 2.75 bits per heavy atom. The van der Waals surface area contributed by atoms with Gasteiger partial charge in [0, 0.05) is 17.8 Å². The lowest BCUT2D eigenvalue weighted by Crippen LogP contribution is -2.10. The fourth-order valence-corrected chi connectivity index (χ4v) is 1.54. The molecule has 1 aromatic heterocycles. The number of carbonyl (C=O) groups excluding carboxylic acids is 1. The van der Waals surface area contributed by atoms with Crippen LogP contribution in [0.5, 0.6) is 0 Å². The first-order chi connectivity index (χ1) is 7.77. The van der Waals surface area contributed by atoms with Crippen LogP contribution in [0.3, 0.4) is 0 Å². The summed E-state index contributed by atoms with van der Waals surface area (Å²) in [5.41, 5.74) is 0.488. The van der Waals surface area contributed by atoms with E-state index in [9.17, 15) is 4.79 Å². The van der Waals surface area contributed by atoms with Crippen molar-refractivity contribution in [3.63, 3.8) is 0 Å². The highest BCUT2D eigenvalue weighted by atomic mass is 32.1. The van der Waals surface area contributed by atoms with E-state index in [1.807, 2.05) is 12.3 Å². The van der Waals surface area contributed by atoms with Gasteiger partial charge in [0.1, 0.15) is 6.34 Å². The Hall–Kier alpha value is -1.95. The third-order valence-electron chi connectivity index (χ3n) is 1.82. The Kier molecular flexibility index (Phi) is 3.11.